The summed E-state index contributed by atoms with van der Waals surface area (Å²) >= 11 is 0. The van der Waals surface area contributed by atoms with Gasteiger partial charge in [0.2, 0.25) is 0 Å². The maximum absolute atomic E-state index is 10.4. The van der Waals surface area contributed by atoms with Gasteiger partial charge in [0.15, 0.2) is 6.29 Å². The van der Waals surface area contributed by atoms with E-state index < -0.39 is 5.60 Å². The fraction of sp³-hybridized carbons (Fsp3) is 0.857. The number of methoxy groups -OCH3 is 1. The highest BCUT2D eigenvalue weighted by Gasteiger charge is 2.41. The Balaban J connectivity index is 2.53. The van der Waals surface area contributed by atoms with Crippen LogP contribution in [0.15, 0.2) is 0 Å². The third kappa shape index (κ3) is 1.13. The molecular formula is C7H12O2. The first-order chi connectivity index (χ1) is 4.23. The first-order valence-corrected chi connectivity index (χ1v) is 3.24. The smallest absolute Gasteiger partial charge is 0.151 e. The van der Waals surface area contributed by atoms with E-state index >= 15 is 0 Å². The molecule has 1 atom stereocenters. The second-order valence-corrected chi connectivity index (χ2v) is 2.78. The number of carbonyl (C=O) groups excluding carboxylic acids is 1. The molecule has 1 rings (SSSR count). The number of aldehydes is 1. The zero-order valence-electron chi connectivity index (χ0n) is 5.89. The van der Waals surface area contributed by atoms with Gasteiger partial charge >= 0.3 is 0 Å². The van der Waals surface area contributed by atoms with E-state index in [2.05, 4.69) is 0 Å². The van der Waals surface area contributed by atoms with Gasteiger partial charge in [-0.2, -0.15) is 0 Å². The van der Waals surface area contributed by atoms with Crippen LogP contribution in [0.3, 0.4) is 0 Å². The van der Waals surface area contributed by atoms with Crippen LogP contribution in [0.2, 0.25) is 0 Å². The van der Waals surface area contributed by atoms with Gasteiger partial charge in [-0.15, -0.1) is 0 Å². The maximum Gasteiger partial charge on any atom is 0.151 e. The summed E-state index contributed by atoms with van der Waals surface area (Å²) in [6, 6.07) is 0. The molecule has 9 heavy (non-hydrogen) atoms. The van der Waals surface area contributed by atoms with Crippen molar-refractivity contribution in [3.8, 4) is 0 Å². The largest absolute Gasteiger partial charge is 0.371 e. The molecule has 0 spiro atoms. The Kier molecular flexibility index (Phi) is 1.58. The molecule has 0 radical (unpaired) electrons. The van der Waals surface area contributed by atoms with Gasteiger partial charge < -0.3 is 9.53 Å². The van der Waals surface area contributed by atoms with Crippen molar-refractivity contribution in [2.45, 2.75) is 25.4 Å². The molecule has 0 aromatic carbocycles. The molecule has 52 valence electrons. The van der Waals surface area contributed by atoms with Crippen LogP contribution in [-0.4, -0.2) is 19.0 Å². The van der Waals surface area contributed by atoms with Crippen molar-refractivity contribution >= 4 is 6.29 Å². The van der Waals surface area contributed by atoms with Gasteiger partial charge in [0.1, 0.15) is 5.60 Å². The van der Waals surface area contributed by atoms with Crippen molar-refractivity contribution in [3.05, 3.63) is 0 Å². The fourth-order valence-electron chi connectivity index (χ4n) is 0.968. The van der Waals surface area contributed by atoms with E-state index in [0.29, 0.717) is 5.92 Å². The molecule has 0 bridgehead atoms. The molecule has 1 aliphatic rings. The van der Waals surface area contributed by atoms with Gasteiger partial charge in [0.05, 0.1) is 0 Å². The topological polar surface area (TPSA) is 26.3 Å². The van der Waals surface area contributed by atoms with Crippen LogP contribution in [0.4, 0.5) is 0 Å². The van der Waals surface area contributed by atoms with Crippen LogP contribution >= 0.6 is 0 Å². The maximum atomic E-state index is 10.4. The van der Waals surface area contributed by atoms with E-state index in [9.17, 15) is 4.79 Å². The summed E-state index contributed by atoms with van der Waals surface area (Å²) in [7, 11) is 1.59. The predicted molar refractivity (Wildman–Crippen MR) is 34.2 cm³/mol. The highest BCUT2D eigenvalue weighted by molar-refractivity contribution is 5.63. The van der Waals surface area contributed by atoms with E-state index in [1.54, 1.807) is 7.11 Å². The van der Waals surface area contributed by atoms with Crippen LogP contribution in [0.1, 0.15) is 19.8 Å². The van der Waals surface area contributed by atoms with E-state index in [0.717, 1.165) is 19.1 Å². The predicted octanol–water partition coefficient (Wildman–Crippen LogP) is 1.00. The van der Waals surface area contributed by atoms with Crippen LogP contribution in [0.5, 0.6) is 0 Å². The Bertz CT molecular complexity index is 118. The fourth-order valence-corrected chi connectivity index (χ4v) is 0.968. The van der Waals surface area contributed by atoms with E-state index in [1.165, 1.54) is 0 Å². The number of rotatable bonds is 3. The first-order valence-electron chi connectivity index (χ1n) is 3.24. The average molecular weight is 128 g/mol. The second kappa shape index (κ2) is 2.10. The molecular weight excluding hydrogens is 116 g/mol. The minimum Gasteiger partial charge on any atom is -0.371 e. The lowest BCUT2D eigenvalue weighted by Gasteiger charge is -2.19. The van der Waals surface area contributed by atoms with Crippen molar-refractivity contribution in [2.24, 2.45) is 5.92 Å². The Morgan fingerprint density at radius 3 is 2.33 bits per heavy atom. The molecule has 0 amide bonds. The molecule has 0 unspecified atom stereocenters. The van der Waals surface area contributed by atoms with Crippen molar-refractivity contribution in [1.82, 2.24) is 0 Å². The molecule has 0 aromatic rings. The van der Waals surface area contributed by atoms with Crippen LogP contribution in [-0.2, 0) is 9.53 Å². The summed E-state index contributed by atoms with van der Waals surface area (Å²) in [6.07, 6.45) is 3.19. The van der Waals surface area contributed by atoms with Crippen LogP contribution < -0.4 is 0 Å². The normalized spacial score (nSPS) is 25.1. The zero-order valence-corrected chi connectivity index (χ0v) is 5.89. The summed E-state index contributed by atoms with van der Waals surface area (Å²) in [6.45, 7) is 1.84. The quantitative estimate of drug-likeness (QED) is 0.530. The molecule has 0 aliphatic heterocycles. The second-order valence-electron chi connectivity index (χ2n) is 2.78. The monoisotopic (exact) mass is 128 g/mol. The molecule has 0 heterocycles. The molecule has 0 aromatic heterocycles. The molecule has 1 saturated carbocycles. The summed E-state index contributed by atoms with van der Waals surface area (Å²) < 4.78 is 5.04. The standard InChI is InChI=1S/C7H12O2/c1-7(5-8,9-2)6-3-4-6/h5-6H,3-4H2,1-2H3/t7-/m1/s1. The summed E-state index contributed by atoms with van der Waals surface area (Å²) in [5.74, 6) is 0.486. The van der Waals surface area contributed by atoms with Gasteiger partial charge in [-0.1, -0.05) is 0 Å². The van der Waals surface area contributed by atoms with Crippen molar-refractivity contribution in [2.75, 3.05) is 7.11 Å². The molecule has 2 heteroatoms. The van der Waals surface area contributed by atoms with Gasteiger partial charge in [-0.05, 0) is 25.7 Å². The molecule has 0 saturated heterocycles. The zero-order chi connectivity index (χ0) is 6.91. The average Bonchev–Trinajstić information content (AvgIpc) is 2.68. The lowest BCUT2D eigenvalue weighted by molar-refractivity contribution is -0.127. The summed E-state index contributed by atoms with van der Waals surface area (Å²) in [5.41, 5.74) is -0.486. The van der Waals surface area contributed by atoms with Crippen LogP contribution in [0.25, 0.3) is 0 Å². The summed E-state index contributed by atoms with van der Waals surface area (Å²) in [4.78, 5) is 10.4. The lowest BCUT2D eigenvalue weighted by Crippen LogP contribution is -2.31. The van der Waals surface area contributed by atoms with Gasteiger partial charge in [0, 0.05) is 7.11 Å². The van der Waals surface area contributed by atoms with Gasteiger partial charge in [0.25, 0.3) is 0 Å². The number of ether oxygens (including phenoxy) is 1. The first kappa shape index (κ1) is 6.75. The van der Waals surface area contributed by atoms with Crippen molar-refractivity contribution < 1.29 is 9.53 Å². The Morgan fingerprint density at radius 1 is 1.67 bits per heavy atom. The minimum atomic E-state index is -0.486. The van der Waals surface area contributed by atoms with Crippen molar-refractivity contribution in [3.63, 3.8) is 0 Å². The number of hydrogen-bond donors (Lipinski definition) is 0. The summed E-state index contributed by atoms with van der Waals surface area (Å²) in [5, 5.41) is 0. The lowest BCUT2D eigenvalue weighted by atomic mass is 10.0. The number of carbonyl (C=O) groups is 1. The minimum absolute atomic E-state index is 0.486. The third-order valence-electron chi connectivity index (χ3n) is 2.06. The van der Waals surface area contributed by atoms with E-state index in [1.807, 2.05) is 6.92 Å². The molecule has 2 nitrogen and oxygen atoms in total. The van der Waals surface area contributed by atoms with Gasteiger partial charge in [-0.25, -0.2) is 0 Å². The van der Waals surface area contributed by atoms with Crippen LogP contribution in [0, 0.1) is 5.92 Å². The third-order valence-corrected chi connectivity index (χ3v) is 2.06. The molecule has 1 aliphatic carbocycles. The Morgan fingerprint density at radius 2 is 2.22 bits per heavy atom. The SMILES string of the molecule is CO[C@](C)(C=O)C1CC1. The van der Waals surface area contributed by atoms with Gasteiger partial charge in [-0.3, -0.25) is 0 Å². The number of hydrogen-bond acceptors (Lipinski definition) is 2. The highest BCUT2D eigenvalue weighted by Crippen LogP contribution is 2.40. The van der Waals surface area contributed by atoms with Crippen molar-refractivity contribution in [1.29, 1.82) is 0 Å². The Hall–Kier alpha value is -0.370. The molecule has 1 fully saturated rings. The van der Waals surface area contributed by atoms with E-state index in [-0.39, 0.29) is 0 Å². The van der Waals surface area contributed by atoms with E-state index in [4.69, 9.17) is 4.74 Å². The Labute approximate surface area is 55.2 Å². The molecule has 0 N–H and O–H groups in total. The highest BCUT2D eigenvalue weighted by atomic mass is 16.5.